The second-order valence-electron chi connectivity index (χ2n) is 3.24. The zero-order chi connectivity index (χ0) is 8.39. The molecule has 0 saturated carbocycles. The first-order valence-corrected chi connectivity index (χ1v) is 4.48. The molecule has 1 unspecified atom stereocenters. The Morgan fingerprint density at radius 2 is 1.80 bits per heavy atom. The number of hydrogen-bond acceptors (Lipinski definition) is 0. The number of halogens is 2. The van der Waals surface area contributed by atoms with E-state index in [-0.39, 0.29) is 51.0 Å². The van der Waals surface area contributed by atoms with E-state index in [1.54, 1.807) is 0 Å². The Morgan fingerprint density at radius 1 is 1.13 bits per heavy atom. The molecule has 0 fully saturated rings. The summed E-state index contributed by atoms with van der Waals surface area (Å²) in [5, 5.41) is 0. The van der Waals surface area contributed by atoms with Crippen molar-refractivity contribution in [2.45, 2.75) is 18.8 Å². The Labute approximate surface area is 123 Å². The molecule has 1 aliphatic rings. The molecule has 1 radical (unpaired) electrons. The third-order valence-corrected chi connectivity index (χ3v) is 2.42. The molecular formula is C12H13Cl2Zr. The standard InChI is InChI=1S/C12H13.2ClH.Zr/c1-2-5-10-8-9-11-6-3-4-7-12(10)11;;;/h3-4,6-10H,1-2,5H2;2*1H;/q-1;;;+3/p-2. The second kappa shape index (κ2) is 8.56. The molecule has 0 saturated heterocycles. The van der Waals surface area contributed by atoms with E-state index >= 15 is 0 Å². The molecule has 1 aliphatic carbocycles. The van der Waals surface area contributed by atoms with E-state index in [4.69, 9.17) is 0 Å². The Balaban J connectivity index is 0. The summed E-state index contributed by atoms with van der Waals surface area (Å²) >= 11 is 0. The maximum atomic E-state index is 3.89. The van der Waals surface area contributed by atoms with E-state index in [1.165, 1.54) is 17.5 Å². The molecule has 0 aromatic heterocycles. The summed E-state index contributed by atoms with van der Waals surface area (Å²) in [5.41, 5.74) is 2.86. The summed E-state index contributed by atoms with van der Waals surface area (Å²) in [5.74, 6) is 0.624. The van der Waals surface area contributed by atoms with Gasteiger partial charge in [-0.25, -0.2) is 0 Å². The number of rotatable bonds is 2. The van der Waals surface area contributed by atoms with Crippen LogP contribution in [0.3, 0.4) is 0 Å². The van der Waals surface area contributed by atoms with Gasteiger partial charge in [0, 0.05) is 5.92 Å². The maximum absolute atomic E-state index is 3.89. The van der Waals surface area contributed by atoms with Gasteiger partial charge in [0.1, 0.15) is 0 Å². The largest absolute Gasteiger partial charge is 3.00 e. The van der Waals surface area contributed by atoms with Crippen molar-refractivity contribution < 1.29 is 51.0 Å². The molecule has 0 aliphatic heterocycles. The van der Waals surface area contributed by atoms with E-state index in [2.05, 4.69) is 43.3 Å². The van der Waals surface area contributed by atoms with Crippen LogP contribution in [0.25, 0.3) is 6.08 Å². The van der Waals surface area contributed by atoms with Crippen molar-refractivity contribution in [1.29, 1.82) is 0 Å². The number of benzene rings is 1. The predicted octanol–water partition coefficient (Wildman–Crippen LogP) is -2.58. The van der Waals surface area contributed by atoms with Gasteiger partial charge in [0.2, 0.25) is 0 Å². The Kier molecular flexibility index (Phi) is 10.2. The van der Waals surface area contributed by atoms with E-state index in [9.17, 15) is 0 Å². The monoisotopic (exact) mass is 317 g/mol. The Morgan fingerprint density at radius 3 is 2.47 bits per heavy atom. The van der Waals surface area contributed by atoms with Crippen LogP contribution in [-0.2, 0) is 26.2 Å². The minimum Gasteiger partial charge on any atom is -1.00 e. The summed E-state index contributed by atoms with van der Waals surface area (Å²) < 4.78 is 0. The molecule has 0 N–H and O–H groups in total. The minimum atomic E-state index is 0. The molecule has 1 aromatic carbocycles. The van der Waals surface area contributed by atoms with Crippen LogP contribution in [0.1, 0.15) is 29.9 Å². The first kappa shape index (κ1) is 17.8. The molecule has 1 atom stereocenters. The fourth-order valence-corrected chi connectivity index (χ4v) is 1.80. The molecule has 0 heterocycles. The van der Waals surface area contributed by atoms with E-state index in [1.807, 2.05) is 0 Å². The summed E-state index contributed by atoms with van der Waals surface area (Å²) in [7, 11) is 0. The van der Waals surface area contributed by atoms with Gasteiger partial charge in [-0.3, -0.25) is 0 Å². The Hall–Kier alpha value is 0.423. The van der Waals surface area contributed by atoms with E-state index in [0.29, 0.717) is 5.92 Å². The van der Waals surface area contributed by atoms with Gasteiger partial charge in [0.05, 0.1) is 0 Å². The summed E-state index contributed by atoms with van der Waals surface area (Å²) in [4.78, 5) is 0. The topological polar surface area (TPSA) is 0 Å². The van der Waals surface area contributed by atoms with Gasteiger partial charge in [0.25, 0.3) is 0 Å². The number of allylic oxidation sites excluding steroid dienone is 1. The van der Waals surface area contributed by atoms with Crippen LogP contribution >= 0.6 is 0 Å². The van der Waals surface area contributed by atoms with Crippen molar-refractivity contribution in [2.24, 2.45) is 0 Å². The smallest absolute Gasteiger partial charge is 1.00 e. The van der Waals surface area contributed by atoms with Crippen LogP contribution in [0.4, 0.5) is 0 Å². The zero-order valence-corrected chi connectivity index (χ0v) is 12.4. The molecule has 15 heavy (non-hydrogen) atoms. The van der Waals surface area contributed by atoms with E-state index in [0.717, 1.165) is 6.42 Å². The van der Waals surface area contributed by atoms with Crippen LogP contribution in [0, 0.1) is 6.92 Å². The van der Waals surface area contributed by atoms with Crippen molar-refractivity contribution >= 4 is 6.08 Å². The second-order valence-corrected chi connectivity index (χ2v) is 3.24. The molecule has 0 amide bonds. The van der Waals surface area contributed by atoms with Crippen molar-refractivity contribution in [3.8, 4) is 0 Å². The predicted molar refractivity (Wildman–Crippen MR) is 52.8 cm³/mol. The fraction of sp³-hybridized carbons (Fsp3) is 0.250. The third-order valence-electron chi connectivity index (χ3n) is 2.42. The normalized spacial score (nSPS) is 15.7. The zero-order valence-electron chi connectivity index (χ0n) is 8.42. The van der Waals surface area contributed by atoms with Gasteiger partial charge in [-0.15, -0.1) is 0 Å². The first-order valence-electron chi connectivity index (χ1n) is 4.48. The fourth-order valence-electron chi connectivity index (χ4n) is 1.80. The van der Waals surface area contributed by atoms with Gasteiger partial charge in [-0.05, 0) is 11.1 Å². The average Bonchev–Trinajstić information content (AvgIpc) is 2.50. The molecule has 2 rings (SSSR count). The maximum Gasteiger partial charge on any atom is 3.00 e. The third kappa shape index (κ3) is 4.06. The quantitative estimate of drug-likeness (QED) is 0.525. The van der Waals surface area contributed by atoms with Crippen LogP contribution in [-0.4, -0.2) is 0 Å². The molecule has 79 valence electrons. The van der Waals surface area contributed by atoms with Crippen LogP contribution in [0.5, 0.6) is 0 Å². The molecule has 0 bridgehead atoms. The van der Waals surface area contributed by atoms with Crippen LogP contribution in [0.2, 0.25) is 0 Å². The van der Waals surface area contributed by atoms with Crippen molar-refractivity contribution in [2.75, 3.05) is 0 Å². The van der Waals surface area contributed by atoms with E-state index < -0.39 is 0 Å². The van der Waals surface area contributed by atoms with Crippen molar-refractivity contribution in [1.82, 2.24) is 0 Å². The Bertz CT molecular complexity index is 310. The SMILES string of the molecule is [CH2-]CCC1C=Cc2ccccc21.[Cl-].[Cl-].[Zr+3]. The van der Waals surface area contributed by atoms with Crippen LogP contribution < -0.4 is 24.8 Å². The van der Waals surface area contributed by atoms with Crippen LogP contribution in [0.15, 0.2) is 30.3 Å². The van der Waals surface area contributed by atoms with Crippen molar-refractivity contribution in [3.63, 3.8) is 0 Å². The summed E-state index contributed by atoms with van der Waals surface area (Å²) in [6.07, 6.45) is 6.70. The number of fused-ring (bicyclic) bond motifs is 1. The average molecular weight is 319 g/mol. The molecular weight excluding hydrogens is 306 g/mol. The van der Waals surface area contributed by atoms with Gasteiger partial charge < -0.3 is 31.7 Å². The van der Waals surface area contributed by atoms with Gasteiger partial charge in [0.15, 0.2) is 0 Å². The summed E-state index contributed by atoms with van der Waals surface area (Å²) in [6.45, 7) is 3.89. The summed E-state index contributed by atoms with van der Waals surface area (Å²) in [6, 6.07) is 8.60. The van der Waals surface area contributed by atoms with Gasteiger partial charge in [-0.1, -0.05) is 42.8 Å². The molecule has 0 spiro atoms. The van der Waals surface area contributed by atoms with Gasteiger partial charge in [-0.2, -0.15) is 6.42 Å². The van der Waals surface area contributed by atoms with Crippen molar-refractivity contribution in [3.05, 3.63) is 48.4 Å². The molecule has 3 heteroatoms. The number of hydrogen-bond donors (Lipinski definition) is 0. The molecule has 0 nitrogen and oxygen atoms in total. The molecule has 1 aromatic rings. The van der Waals surface area contributed by atoms with Gasteiger partial charge >= 0.3 is 26.2 Å². The minimum absolute atomic E-state index is 0. The first-order chi connectivity index (χ1) is 5.92.